The van der Waals surface area contributed by atoms with Crippen LogP contribution in [0.2, 0.25) is 0 Å². The van der Waals surface area contributed by atoms with Gasteiger partial charge in [0.2, 0.25) is 0 Å². The van der Waals surface area contributed by atoms with Gasteiger partial charge in [0.1, 0.15) is 5.75 Å². The number of hydrogen-bond acceptors (Lipinski definition) is 3. The maximum Gasteiger partial charge on any atom is 0.259 e. The SMILES string of the molecule is CCCCNC(=O)c1cccc(NC(=O)c2cc(Br)ccc2OCCC)c1. The standard InChI is InChI=1S/C21H25BrN2O3/c1-3-5-11-23-20(25)15-7-6-8-17(13-15)24-21(26)18-14-16(22)9-10-19(18)27-12-4-2/h6-10,13-14H,3-5,11-12H2,1-2H3,(H,23,25)(H,24,26). The minimum Gasteiger partial charge on any atom is -0.493 e. The van der Waals surface area contributed by atoms with Gasteiger partial charge in [0, 0.05) is 22.3 Å². The van der Waals surface area contributed by atoms with E-state index in [4.69, 9.17) is 4.74 Å². The second-order valence-electron chi connectivity index (χ2n) is 6.13. The second kappa shape index (κ2) is 10.7. The number of hydrogen-bond donors (Lipinski definition) is 2. The van der Waals surface area contributed by atoms with Crippen molar-refractivity contribution >= 4 is 33.4 Å². The molecule has 0 aliphatic rings. The number of carbonyl (C=O) groups excluding carboxylic acids is 2. The van der Waals surface area contributed by atoms with E-state index < -0.39 is 0 Å². The Bertz CT molecular complexity index is 793. The second-order valence-corrected chi connectivity index (χ2v) is 7.05. The highest BCUT2D eigenvalue weighted by Crippen LogP contribution is 2.25. The third-order valence-corrected chi connectivity index (χ3v) is 4.34. The van der Waals surface area contributed by atoms with E-state index in [-0.39, 0.29) is 11.8 Å². The Morgan fingerprint density at radius 2 is 1.85 bits per heavy atom. The van der Waals surface area contributed by atoms with Crippen LogP contribution in [0.15, 0.2) is 46.9 Å². The molecule has 144 valence electrons. The van der Waals surface area contributed by atoms with Gasteiger partial charge in [-0.15, -0.1) is 0 Å². The summed E-state index contributed by atoms with van der Waals surface area (Å²) in [7, 11) is 0. The zero-order valence-corrected chi connectivity index (χ0v) is 17.3. The summed E-state index contributed by atoms with van der Waals surface area (Å²) in [6.07, 6.45) is 2.81. The highest BCUT2D eigenvalue weighted by atomic mass is 79.9. The Labute approximate surface area is 168 Å². The van der Waals surface area contributed by atoms with Crippen molar-refractivity contribution in [1.29, 1.82) is 0 Å². The minimum atomic E-state index is -0.286. The molecule has 0 aromatic heterocycles. The number of nitrogens with one attached hydrogen (secondary N) is 2. The Morgan fingerprint density at radius 3 is 2.59 bits per heavy atom. The topological polar surface area (TPSA) is 67.4 Å². The molecule has 0 spiro atoms. The molecular weight excluding hydrogens is 408 g/mol. The molecule has 0 unspecified atom stereocenters. The molecule has 0 atom stereocenters. The fraction of sp³-hybridized carbons (Fsp3) is 0.333. The van der Waals surface area contributed by atoms with E-state index in [2.05, 4.69) is 33.5 Å². The Morgan fingerprint density at radius 1 is 1.04 bits per heavy atom. The van der Waals surface area contributed by atoms with Crippen LogP contribution in [0.4, 0.5) is 5.69 Å². The van der Waals surface area contributed by atoms with Crippen molar-refractivity contribution in [3.05, 3.63) is 58.1 Å². The van der Waals surface area contributed by atoms with Gasteiger partial charge < -0.3 is 15.4 Å². The van der Waals surface area contributed by atoms with E-state index in [1.807, 2.05) is 13.0 Å². The number of ether oxygens (including phenoxy) is 1. The monoisotopic (exact) mass is 432 g/mol. The van der Waals surface area contributed by atoms with Crippen LogP contribution in [0.1, 0.15) is 53.8 Å². The fourth-order valence-corrected chi connectivity index (χ4v) is 2.80. The molecule has 2 N–H and O–H groups in total. The lowest BCUT2D eigenvalue weighted by molar-refractivity contribution is 0.0951. The Balaban J connectivity index is 2.13. The van der Waals surface area contributed by atoms with Gasteiger partial charge in [-0.05, 0) is 49.2 Å². The van der Waals surface area contributed by atoms with Crippen molar-refractivity contribution in [2.45, 2.75) is 33.1 Å². The zero-order valence-electron chi connectivity index (χ0n) is 15.7. The molecular formula is C21H25BrN2O3. The van der Waals surface area contributed by atoms with Gasteiger partial charge in [-0.25, -0.2) is 0 Å². The summed E-state index contributed by atoms with van der Waals surface area (Å²) in [5.74, 6) is 0.103. The van der Waals surface area contributed by atoms with E-state index >= 15 is 0 Å². The van der Waals surface area contributed by atoms with Crippen molar-refractivity contribution in [3.8, 4) is 5.75 Å². The molecule has 0 bridgehead atoms. The van der Waals surface area contributed by atoms with Gasteiger partial charge in [0.25, 0.3) is 11.8 Å². The lowest BCUT2D eigenvalue weighted by Crippen LogP contribution is -2.24. The smallest absolute Gasteiger partial charge is 0.259 e. The zero-order chi connectivity index (χ0) is 19.6. The molecule has 5 nitrogen and oxygen atoms in total. The summed E-state index contributed by atoms with van der Waals surface area (Å²) in [5, 5.41) is 5.72. The van der Waals surface area contributed by atoms with Crippen LogP contribution in [-0.4, -0.2) is 25.0 Å². The molecule has 2 aromatic carbocycles. The highest BCUT2D eigenvalue weighted by Gasteiger charge is 2.14. The number of benzene rings is 2. The minimum absolute atomic E-state index is 0.144. The quantitative estimate of drug-likeness (QED) is 0.546. The summed E-state index contributed by atoms with van der Waals surface area (Å²) < 4.78 is 6.46. The van der Waals surface area contributed by atoms with E-state index in [1.54, 1.807) is 36.4 Å². The van der Waals surface area contributed by atoms with Crippen molar-refractivity contribution < 1.29 is 14.3 Å². The number of anilines is 1. The van der Waals surface area contributed by atoms with Crippen LogP contribution in [0, 0.1) is 0 Å². The van der Waals surface area contributed by atoms with Gasteiger partial charge in [0.05, 0.1) is 12.2 Å². The van der Waals surface area contributed by atoms with Crippen LogP contribution in [-0.2, 0) is 0 Å². The number of halogens is 1. The number of unbranched alkanes of at least 4 members (excludes halogenated alkanes) is 1. The first-order valence-electron chi connectivity index (χ1n) is 9.17. The lowest BCUT2D eigenvalue weighted by atomic mass is 10.1. The van der Waals surface area contributed by atoms with Crippen molar-refractivity contribution in [2.75, 3.05) is 18.5 Å². The molecule has 0 heterocycles. The predicted octanol–water partition coefficient (Wildman–Crippen LogP) is 5.02. The molecule has 2 amide bonds. The molecule has 0 saturated carbocycles. The van der Waals surface area contributed by atoms with Crippen molar-refractivity contribution in [2.24, 2.45) is 0 Å². The molecule has 0 fully saturated rings. The van der Waals surface area contributed by atoms with Crippen LogP contribution in [0.5, 0.6) is 5.75 Å². The van der Waals surface area contributed by atoms with Crippen molar-refractivity contribution in [3.63, 3.8) is 0 Å². The third kappa shape index (κ3) is 6.40. The molecule has 6 heteroatoms. The van der Waals surface area contributed by atoms with E-state index in [9.17, 15) is 9.59 Å². The van der Waals surface area contributed by atoms with Crippen LogP contribution in [0.25, 0.3) is 0 Å². The maximum absolute atomic E-state index is 12.7. The molecule has 2 aromatic rings. The van der Waals surface area contributed by atoms with E-state index in [0.717, 1.165) is 23.7 Å². The van der Waals surface area contributed by atoms with Gasteiger partial charge >= 0.3 is 0 Å². The summed E-state index contributed by atoms with van der Waals surface area (Å²) in [6.45, 7) is 5.26. The van der Waals surface area contributed by atoms with Crippen molar-refractivity contribution in [1.82, 2.24) is 5.32 Å². The number of carbonyl (C=O) groups is 2. The van der Waals surface area contributed by atoms with Crippen LogP contribution >= 0.6 is 15.9 Å². The Hall–Kier alpha value is -2.34. The average molecular weight is 433 g/mol. The summed E-state index contributed by atoms with van der Waals surface area (Å²) >= 11 is 3.39. The molecule has 0 aliphatic heterocycles. The Kier molecular flexibility index (Phi) is 8.33. The van der Waals surface area contributed by atoms with Gasteiger partial charge in [-0.1, -0.05) is 42.3 Å². The summed E-state index contributed by atoms with van der Waals surface area (Å²) in [5.41, 5.74) is 1.51. The number of amides is 2. The van der Waals surface area contributed by atoms with Gasteiger partial charge in [-0.2, -0.15) is 0 Å². The fourth-order valence-electron chi connectivity index (χ4n) is 2.43. The lowest BCUT2D eigenvalue weighted by Gasteiger charge is -2.12. The maximum atomic E-state index is 12.7. The molecule has 0 saturated heterocycles. The first kappa shape index (κ1) is 21.0. The molecule has 0 radical (unpaired) electrons. The predicted molar refractivity (Wildman–Crippen MR) is 112 cm³/mol. The summed E-state index contributed by atoms with van der Waals surface area (Å²) in [6, 6.07) is 12.2. The van der Waals surface area contributed by atoms with Gasteiger partial charge in [0.15, 0.2) is 0 Å². The van der Waals surface area contributed by atoms with Crippen LogP contribution < -0.4 is 15.4 Å². The molecule has 0 aliphatic carbocycles. The third-order valence-electron chi connectivity index (χ3n) is 3.85. The normalized spacial score (nSPS) is 10.3. The van der Waals surface area contributed by atoms with E-state index in [1.165, 1.54) is 0 Å². The van der Waals surface area contributed by atoms with E-state index in [0.29, 0.717) is 35.7 Å². The summed E-state index contributed by atoms with van der Waals surface area (Å²) in [4.78, 5) is 24.9. The highest BCUT2D eigenvalue weighted by molar-refractivity contribution is 9.10. The van der Waals surface area contributed by atoms with Crippen LogP contribution in [0.3, 0.4) is 0 Å². The average Bonchev–Trinajstić information content (AvgIpc) is 2.67. The number of rotatable bonds is 9. The van der Waals surface area contributed by atoms with Gasteiger partial charge in [-0.3, -0.25) is 9.59 Å². The first-order valence-corrected chi connectivity index (χ1v) is 9.96. The largest absolute Gasteiger partial charge is 0.493 e. The molecule has 27 heavy (non-hydrogen) atoms. The molecule has 2 rings (SSSR count). The first-order chi connectivity index (χ1) is 13.0.